The number of H-pyrrole nitrogens is 1. The second-order valence-corrected chi connectivity index (χ2v) is 8.95. The molecular formula is C25H22N2O4S. The van der Waals surface area contributed by atoms with Gasteiger partial charge >= 0.3 is 0 Å². The van der Waals surface area contributed by atoms with Crippen LogP contribution in [0, 0.1) is 0 Å². The summed E-state index contributed by atoms with van der Waals surface area (Å²) in [7, 11) is 0. The summed E-state index contributed by atoms with van der Waals surface area (Å²) in [6.07, 6.45) is 3.93. The summed E-state index contributed by atoms with van der Waals surface area (Å²) in [6.45, 7) is 0.445. The highest BCUT2D eigenvalue weighted by Crippen LogP contribution is 2.40. The van der Waals surface area contributed by atoms with Gasteiger partial charge in [-0.15, -0.1) is 11.3 Å². The average molecular weight is 447 g/mol. The van der Waals surface area contributed by atoms with Gasteiger partial charge in [0.15, 0.2) is 0 Å². The van der Waals surface area contributed by atoms with Gasteiger partial charge in [0.2, 0.25) is 0 Å². The van der Waals surface area contributed by atoms with E-state index < -0.39 is 11.5 Å². The number of hydrogen-bond acceptors (Lipinski definition) is 5. The molecular weight excluding hydrogens is 424 g/mol. The maximum atomic E-state index is 12.9. The van der Waals surface area contributed by atoms with E-state index in [0.29, 0.717) is 28.3 Å². The van der Waals surface area contributed by atoms with E-state index >= 15 is 0 Å². The summed E-state index contributed by atoms with van der Waals surface area (Å²) < 4.78 is 5.76. The number of aromatic nitrogens is 1. The fourth-order valence-corrected chi connectivity index (χ4v) is 5.37. The maximum Gasteiger partial charge on any atom is 0.265 e. The van der Waals surface area contributed by atoms with Crippen molar-refractivity contribution in [2.45, 2.75) is 32.3 Å². The number of benzene rings is 2. The van der Waals surface area contributed by atoms with E-state index in [1.165, 1.54) is 16.2 Å². The fourth-order valence-electron chi connectivity index (χ4n) is 4.08. The second-order valence-electron chi connectivity index (χ2n) is 7.85. The summed E-state index contributed by atoms with van der Waals surface area (Å²) in [5, 5.41) is 14.2. The van der Waals surface area contributed by atoms with Crippen LogP contribution in [0.2, 0.25) is 0 Å². The third-order valence-electron chi connectivity index (χ3n) is 5.69. The number of fused-ring (bicyclic) bond motifs is 3. The highest BCUT2D eigenvalue weighted by Gasteiger charge is 2.25. The van der Waals surface area contributed by atoms with Gasteiger partial charge in [-0.3, -0.25) is 9.59 Å². The van der Waals surface area contributed by atoms with E-state index in [9.17, 15) is 14.7 Å². The molecule has 7 heteroatoms. The minimum atomic E-state index is -0.639. The van der Waals surface area contributed by atoms with Gasteiger partial charge in [0, 0.05) is 10.6 Å². The van der Waals surface area contributed by atoms with E-state index in [2.05, 4.69) is 10.3 Å². The number of carbonyl (C=O) groups excluding carboxylic acids is 1. The number of amides is 1. The number of carbonyl (C=O) groups is 1. The smallest absolute Gasteiger partial charge is 0.265 e. The number of rotatable bonds is 5. The molecule has 0 saturated carbocycles. The number of ether oxygens (including phenoxy) is 1. The number of hydrogen-bond donors (Lipinski definition) is 3. The molecule has 1 aliphatic rings. The molecule has 0 bridgehead atoms. The Morgan fingerprint density at radius 1 is 1.06 bits per heavy atom. The number of thiophene rings is 1. The van der Waals surface area contributed by atoms with Crippen LogP contribution in [-0.2, 0) is 19.4 Å². The van der Waals surface area contributed by atoms with Gasteiger partial charge in [0.1, 0.15) is 28.5 Å². The zero-order valence-corrected chi connectivity index (χ0v) is 18.1. The van der Waals surface area contributed by atoms with Crippen LogP contribution in [0.25, 0.3) is 10.2 Å². The number of aromatic hydroxyl groups is 1. The van der Waals surface area contributed by atoms with Crippen LogP contribution in [0.4, 0.5) is 5.69 Å². The van der Waals surface area contributed by atoms with Gasteiger partial charge in [0.05, 0.1) is 5.39 Å². The molecule has 1 aliphatic carbocycles. The Morgan fingerprint density at radius 2 is 1.81 bits per heavy atom. The predicted molar refractivity (Wildman–Crippen MR) is 126 cm³/mol. The first kappa shape index (κ1) is 20.3. The van der Waals surface area contributed by atoms with Crippen LogP contribution in [-0.4, -0.2) is 16.0 Å². The van der Waals surface area contributed by atoms with Crippen molar-refractivity contribution in [2.24, 2.45) is 0 Å². The lowest BCUT2D eigenvalue weighted by molar-refractivity contribution is 0.102. The van der Waals surface area contributed by atoms with Crippen molar-refractivity contribution in [3.8, 4) is 11.5 Å². The average Bonchev–Trinajstić information content (AvgIpc) is 3.17. The summed E-state index contributed by atoms with van der Waals surface area (Å²) >= 11 is 1.50. The molecule has 0 fully saturated rings. The van der Waals surface area contributed by atoms with Crippen LogP contribution in [0.1, 0.15) is 39.2 Å². The normalized spacial score (nSPS) is 13.0. The largest absolute Gasteiger partial charge is 0.506 e. The summed E-state index contributed by atoms with van der Waals surface area (Å²) in [4.78, 5) is 30.1. The molecule has 5 rings (SSSR count). The van der Waals surface area contributed by atoms with Crippen molar-refractivity contribution in [3.05, 3.63) is 86.5 Å². The monoisotopic (exact) mass is 446 g/mol. The van der Waals surface area contributed by atoms with Crippen LogP contribution in [0.15, 0.2) is 59.4 Å². The van der Waals surface area contributed by atoms with E-state index in [-0.39, 0.29) is 11.3 Å². The van der Waals surface area contributed by atoms with Crippen LogP contribution >= 0.6 is 11.3 Å². The second kappa shape index (κ2) is 8.51. The summed E-state index contributed by atoms with van der Waals surface area (Å²) in [5.74, 6) is -0.207. The first-order chi connectivity index (χ1) is 15.6. The lowest BCUT2D eigenvalue weighted by Gasteiger charge is -2.12. The standard InChI is InChI=1S/C25H22N2O4S/c28-22-20-18-8-4-5-9-19(18)32-25(20)27-24(30)21(22)23(29)26-16-10-12-17(13-11-16)31-14-15-6-2-1-3-7-15/h1-3,6-7,10-13H,4-5,8-9,14H2,(H,26,29)(H2,27,28,30). The zero-order chi connectivity index (χ0) is 22.1. The highest BCUT2D eigenvalue weighted by molar-refractivity contribution is 7.18. The molecule has 2 aromatic heterocycles. The number of pyridine rings is 1. The molecule has 1 amide bonds. The van der Waals surface area contributed by atoms with E-state index in [0.717, 1.165) is 36.8 Å². The van der Waals surface area contributed by atoms with E-state index in [1.54, 1.807) is 24.3 Å². The first-order valence-electron chi connectivity index (χ1n) is 10.6. The minimum absolute atomic E-state index is 0.233. The minimum Gasteiger partial charge on any atom is -0.506 e. The number of nitrogens with one attached hydrogen (secondary N) is 2. The summed E-state index contributed by atoms with van der Waals surface area (Å²) in [5.41, 5.74) is 1.78. The number of aryl methyl sites for hydroxylation is 2. The van der Waals surface area contributed by atoms with Gasteiger partial charge in [-0.25, -0.2) is 0 Å². The van der Waals surface area contributed by atoms with Gasteiger partial charge in [0.25, 0.3) is 11.5 Å². The molecule has 0 atom stereocenters. The van der Waals surface area contributed by atoms with E-state index in [1.807, 2.05) is 30.3 Å². The van der Waals surface area contributed by atoms with Gasteiger partial charge in [-0.05, 0) is 61.1 Å². The zero-order valence-electron chi connectivity index (χ0n) is 17.3. The Bertz CT molecular complexity index is 1340. The van der Waals surface area contributed by atoms with Crippen molar-refractivity contribution in [3.63, 3.8) is 0 Å². The Morgan fingerprint density at radius 3 is 2.59 bits per heavy atom. The van der Waals surface area contributed by atoms with Crippen molar-refractivity contribution >= 4 is 33.1 Å². The lowest BCUT2D eigenvalue weighted by Crippen LogP contribution is -2.23. The Kier molecular flexibility index (Phi) is 5.41. The molecule has 0 unspecified atom stereocenters. The molecule has 0 aliphatic heterocycles. The lowest BCUT2D eigenvalue weighted by atomic mass is 9.96. The van der Waals surface area contributed by atoms with Gasteiger partial charge in [-0.1, -0.05) is 30.3 Å². The van der Waals surface area contributed by atoms with Gasteiger partial charge < -0.3 is 20.1 Å². The third-order valence-corrected chi connectivity index (χ3v) is 6.89. The number of anilines is 1. The van der Waals surface area contributed by atoms with Crippen molar-refractivity contribution in [1.29, 1.82) is 0 Å². The molecule has 0 radical (unpaired) electrons. The molecule has 2 heterocycles. The molecule has 162 valence electrons. The quantitative estimate of drug-likeness (QED) is 0.402. The van der Waals surface area contributed by atoms with Crippen LogP contribution < -0.4 is 15.6 Å². The molecule has 2 aromatic carbocycles. The van der Waals surface area contributed by atoms with Crippen LogP contribution in [0.3, 0.4) is 0 Å². The Hall–Kier alpha value is -3.58. The molecule has 3 N–H and O–H groups in total. The maximum absolute atomic E-state index is 12.9. The molecule has 0 saturated heterocycles. The first-order valence-corrected chi connectivity index (χ1v) is 11.4. The van der Waals surface area contributed by atoms with Crippen molar-refractivity contribution in [2.75, 3.05) is 5.32 Å². The predicted octanol–water partition coefficient (Wildman–Crippen LogP) is 5.01. The molecule has 0 spiro atoms. The molecule has 6 nitrogen and oxygen atoms in total. The summed E-state index contributed by atoms with van der Waals surface area (Å²) in [6, 6.07) is 16.7. The van der Waals surface area contributed by atoms with Crippen LogP contribution in [0.5, 0.6) is 11.5 Å². The Balaban J connectivity index is 1.35. The third kappa shape index (κ3) is 3.87. The SMILES string of the molecule is O=C(Nc1ccc(OCc2ccccc2)cc1)c1c(O)c2c3c(sc2[nH]c1=O)CCCC3. The van der Waals surface area contributed by atoms with Crippen molar-refractivity contribution < 1.29 is 14.6 Å². The number of aromatic amines is 1. The van der Waals surface area contributed by atoms with E-state index in [4.69, 9.17) is 4.74 Å². The molecule has 4 aromatic rings. The van der Waals surface area contributed by atoms with Gasteiger partial charge in [-0.2, -0.15) is 0 Å². The highest BCUT2D eigenvalue weighted by atomic mass is 32.1. The van der Waals surface area contributed by atoms with Crippen molar-refractivity contribution in [1.82, 2.24) is 4.98 Å². The molecule has 32 heavy (non-hydrogen) atoms. The Labute approximate surface area is 188 Å². The topological polar surface area (TPSA) is 91.4 Å². The fraction of sp³-hybridized carbons (Fsp3) is 0.200.